The summed E-state index contributed by atoms with van der Waals surface area (Å²) in [4.78, 5) is 25.9. The Hall–Kier alpha value is -2.68. The van der Waals surface area contributed by atoms with Crippen LogP contribution < -0.4 is 21.0 Å². The van der Waals surface area contributed by atoms with E-state index in [1.165, 1.54) is 0 Å². The van der Waals surface area contributed by atoms with E-state index in [2.05, 4.69) is 34.9 Å². The lowest BCUT2D eigenvalue weighted by molar-refractivity contribution is -0.123. The van der Waals surface area contributed by atoms with Gasteiger partial charge >= 0.3 is 6.09 Å². The summed E-state index contributed by atoms with van der Waals surface area (Å²) in [5.41, 5.74) is -0.870. The van der Waals surface area contributed by atoms with Crippen LogP contribution in [0.25, 0.3) is 0 Å². The summed E-state index contributed by atoms with van der Waals surface area (Å²) in [6, 6.07) is 21.2. The first kappa shape index (κ1) is 29.5. The molecule has 0 saturated heterocycles. The maximum Gasteiger partial charge on any atom is 0.407 e. The van der Waals surface area contributed by atoms with Crippen LogP contribution in [0, 0.1) is 5.92 Å². The number of benzene rings is 2. The lowest BCUT2D eigenvalue weighted by atomic mass is 10.2. The van der Waals surface area contributed by atoms with Crippen molar-refractivity contribution in [2.24, 2.45) is 5.92 Å². The minimum atomic E-state index is -2.79. The molecule has 0 bridgehead atoms. The molecule has 0 saturated carbocycles. The third-order valence-corrected chi connectivity index (χ3v) is 11.8. The van der Waals surface area contributed by atoms with Gasteiger partial charge in [-0.05, 0) is 39.7 Å². The molecule has 0 heterocycles. The molecule has 0 aromatic heterocycles. The summed E-state index contributed by atoms with van der Waals surface area (Å²) in [5, 5.41) is 8.37. The highest BCUT2D eigenvalue weighted by Crippen LogP contribution is 2.25. The molecular weight excluding hydrogens is 472 g/mol. The molecule has 0 unspecified atom stereocenters. The maximum atomic E-state index is 13.1. The van der Waals surface area contributed by atoms with Gasteiger partial charge in [-0.25, -0.2) is 4.79 Å². The van der Waals surface area contributed by atoms with E-state index in [4.69, 9.17) is 14.2 Å². The number of amides is 2. The Bertz CT molecular complexity index is 894. The Morgan fingerprint density at radius 3 is 2.00 bits per heavy atom. The first-order valence-corrected chi connectivity index (χ1v) is 14.8. The third kappa shape index (κ3) is 8.46. The molecule has 198 valence electrons. The van der Waals surface area contributed by atoms with E-state index in [-0.39, 0.29) is 24.3 Å². The largest absolute Gasteiger partial charge is 0.444 e. The zero-order valence-electron chi connectivity index (χ0n) is 22.5. The van der Waals surface area contributed by atoms with Crippen molar-refractivity contribution in [3.05, 3.63) is 60.7 Å². The number of methoxy groups -OCH3 is 1. The number of hydrogen-bond acceptors (Lipinski definition) is 5. The van der Waals surface area contributed by atoms with Crippen LogP contribution >= 0.6 is 0 Å². The van der Waals surface area contributed by atoms with Crippen LogP contribution in [-0.4, -0.2) is 58.9 Å². The lowest BCUT2D eigenvalue weighted by Crippen LogP contribution is -2.72. The number of carbonyl (C=O) groups is 2. The van der Waals surface area contributed by atoms with Gasteiger partial charge in [0.15, 0.2) is 0 Å². The second kappa shape index (κ2) is 14.2. The molecule has 2 rings (SSSR count). The standard InChI is InChI=1S/C28H42N2O5Si/c1-22(26(31)29-5)20-36(23-14-9-7-10-15-23,24-16-11-8-12-17-24)25(18-13-19-34-21-33-6)30-27(32)35-28(2,3)4/h7-12,14-17,22,25H,13,18-21H2,1-6H3,(H,29,31)(H,30,32)/t22-,25-/m1/s1. The van der Waals surface area contributed by atoms with Crippen molar-refractivity contribution in [1.29, 1.82) is 0 Å². The Labute approximate surface area is 216 Å². The van der Waals surface area contributed by atoms with Crippen molar-refractivity contribution in [2.45, 2.75) is 57.8 Å². The van der Waals surface area contributed by atoms with E-state index in [1.54, 1.807) is 14.2 Å². The summed E-state index contributed by atoms with van der Waals surface area (Å²) in [6.07, 6.45) is 0.924. The minimum Gasteiger partial charge on any atom is -0.444 e. The highest BCUT2D eigenvalue weighted by atomic mass is 28.3. The van der Waals surface area contributed by atoms with Gasteiger partial charge in [0, 0.05) is 32.3 Å². The number of nitrogens with one attached hydrogen (secondary N) is 2. The van der Waals surface area contributed by atoms with Gasteiger partial charge < -0.3 is 24.8 Å². The van der Waals surface area contributed by atoms with Crippen LogP contribution in [0.5, 0.6) is 0 Å². The van der Waals surface area contributed by atoms with Crippen LogP contribution in [0.1, 0.15) is 40.5 Å². The summed E-state index contributed by atoms with van der Waals surface area (Å²) >= 11 is 0. The molecule has 36 heavy (non-hydrogen) atoms. The van der Waals surface area contributed by atoms with Gasteiger partial charge in [0.05, 0.1) is 0 Å². The molecule has 0 aliphatic rings. The van der Waals surface area contributed by atoms with Crippen molar-refractivity contribution < 1.29 is 23.8 Å². The van der Waals surface area contributed by atoms with Gasteiger partial charge in [-0.15, -0.1) is 0 Å². The SMILES string of the molecule is CNC(=O)[C@H](C)C[Si](c1ccccc1)(c1ccccc1)[C@H](CCCOCOC)NC(=O)OC(C)(C)C. The molecular formula is C28H42N2O5Si. The molecule has 2 N–H and O–H groups in total. The van der Waals surface area contributed by atoms with Crippen LogP contribution in [0.3, 0.4) is 0 Å². The fraction of sp³-hybridized carbons (Fsp3) is 0.500. The van der Waals surface area contributed by atoms with Gasteiger partial charge in [0.25, 0.3) is 0 Å². The topological polar surface area (TPSA) is 85.9 Å². The smallest absolute Gasteiger partial charge is 0.407 e. The van der Waals surface area contributed by atoms with Gasteiger partial charge in [-0.2, -0.15) is 0 Å². The number of carbonyl (C=O) groups excluding carboxylic acids is 2. The predicted octanol–water partition coefficient (Wildman–Crippen LogP) is 3.46. The van der Waals surface area contributed by atoms with Gasteiger partial charge in [-0.3, -0.25) is 4.79 Å². The number of alkyl carbamates (subject to hydrolysis) is 1. The van der Waals surface area contributed by atoms with Crippen LogP contribution in [0.2, 0.25) is 6.04 Å². The molecule has 0 spiro atoms. The summed E-state index contributed by atoms with van der Waals surface area (Å²) in [5.74, 6) is -0.270. The first-order valence-electron chi connectivity index (χ1n) is 12.5. The molecule has 0 radical (unpaired) electrons. The Balaban J connectivity index is 2.64. The molecule has 2 atom stereocenters. The Kier molecular flexibility index (Phi) is 11.6. The van der Waals surface area contributed by atoms with Gasteiger partial charge in [0.2, 0.25) is 5.91 Å². The predicted molar refractivity (Wildman–Crippen MR) is 146 cm³/mol. The fourth-order valence-electron chi connectivity index (χ4n) is 4.66. The lowest BCUT2D eigenvalue weighted by Gasteiger charge is -2.42. The van der Waals surface area contributed by atoms with E-state index in [0.717, 1.165) is 10.4 Å². The van der Waals surface area contributed by atoms with Crippen LogP contribution in [0.15, 0.2) is 60.7 Å². The molecule has 0 fully saturated rings. The highest BCUT2D eigenvalue weighted by Gasteiger charge is 2.47. The number of hydrogen-bond donors (Lipinski definition) is 2. The fourth-order valence-corrected chi connectivity index (χ4v) is 10.3. The Morgan fingerprint density at radius 2 is 1.53 bits per heavy atom. The number of ether oxygens (including phenoxy) is 3. The molecule has 2 amide bonds. The second-order valence-electron chi connectivity index (χ2n) is 10.1. The van der Waals surface area contributed by atoms with E-state index in [9.17, 15) is 9.59 Å². The van der Waals surface area contributed by atoms with E-state index in [1.807, 2.05) is 64.1 Å². The van der Waals surface area contributed by atoms with E-state index in [0.29, 0.717) is 25.5 Å². The van der Waals surface area contributed by atoms with Gasteiger partial charge in [0.1, 0.15) is 20.5 Å². The quantitative estimate of drug-likeness (QED) is 0.243. The number of rotatable bonds is 13. The van der Waals surface area contributed by atoms with E-state index >= 15 is 0 Å². The second-order valence-corrected chi connectivity index (χ2v) is 14.3. The monoisotopic (exact) mass is 514 g/mol. The average Bonchev–Trinajstić information content (AvgIpc) is 2.85. The van der Waals surface area contributed by atoms with Crippen LogP contribution in [0.4, 0.5) is 4.79 Å². The van der Waals surface area contributed by atoms with E-state index < -0.39 is 19.8 Å². The molecule has 2 aromatic rings. The summed E-state index contributed by atoms with van der Waals surface area (Å²) < 4.78 is 16.3. The molecule has 2 aromatic carbocycles. The highest BCUT2D eigenvalue weighted by molar-refractivity contribution is 7.03. The third-order valence-electron chi connectivity index (χ3n) is 6.17. The molecule has 0 aliphatic carbocycles. The minimum absolute atomic E-state index is 0.0156. The maximum absolute atomic E-state index is 13.1. The summed E-state index contributed by atoms with van der Waals surface area (Å²) in [7, 11) is 0.471. The zero-order chi connectivity index (χ0) is 26.6. The van der Waals surface area contributed by atoms with Gasteiger partial charge in [-0.1, -0.05) is 78.0 Å². The van der Waals surface area contributed by atoms with Crippen molar-refractivity contribution in [1.82, 2.24) is 10.6 Å². The van der Waals surface area contributed by atoms with Crippen LogP contribution in [-0.2, 0) is 19.0 Å². The van der Waals surface area contributed by atoms with Crippen molar-refractivity contribution in [3.63, 3.8) is 0 Å². The molecule has 7 nitrogen and oxygen atoms in total. The molecule has 8 heteroatoms. The Morgan fingerprint density at radius 1 is 0.972 bits per heavy atom. The van der Waals surface area contributed by atoms with Crippen molar-refractivity contribution in [3.8, 4) is 0 Å². The normalized spacial score (nSPS) is 13.5. The molecule has 0 aliphatic heterocycles. The van der Waals surface area contributed by atoms with Crippen molar-refractivity contribution >= 4 is 30.4 Å². The first-order chi connectivity index (χ1) is 17.1. The summed E-state index contributed by atoms with van der Waals surface area (Å²) in [6.45, 7) is 8.24. The van der Waals surface area contributed by atoms with Crippen molar-refractivity contribution in [2.75, 3.05) is 27.6 Å². The average molecular weight is 515 g/mol. The zero-order valence-corrected chi connectivity index (χ0v) is 23.5.